The molecular weight excluding hydrogens is 629 g/mol. The molecule has 2 aliphatic rings. The van der Waals surface area contributed by atoms with E-state index in [4.69, 9.17) is 14.7 Å². The van der Waals surface area contributed by atoms with Crippen molar-refractivity contribution in [1.82, 2.24) is 19.9 Å². The molecule has 0 spiro atoms. The Morgan fingerprint density at radius 2 is 0.980 bits per heavy atom. The molecule has 0 fully saturated rings. The SMILES string of the molecule is COc1cccc(-c2c3nc(c(-c4ccccc4)c4ccc([nH]4)c(C#C[Si](C)(C)C)c4nc(c(-c5ccccc5)c5ccc2[nH]5)C=C4)C=C3)c1. The number of nitrogens with zero attached hydrogens (tertiary/aromatic N) is 2. The van der Waals surface area contributed by atoms with Crippen molar-refractivity contribution >= 4 is 54.4 Å². The third kappa shape index (κ3) is 6.00. The second kappa shape index (κ2) is 12.7. The molecule has 50 heavy (non-hydrogen) atoms. The summed E-state index contributed by atoms with van der Waals surface area (Å²) in [5, 5.41) is 0. The van der Waals surface area contributed by atoms with E-state index in [2.05, 4.69) is 150 Å². The lowest BCUT2D eigenvalue weighted by molar-refractivity contribution is 0.415. The number of aromatic nitrogens is 4. The summed E-state index contributed by atoms with van der Waals surface area (Å²) in [5.74, 6) is 4.36. The monoisotopic (exact) mass is 664 g/mol. The Morgan fingerprint density at radius 3 is 1.52 bits per heavy atom. The Balaban J connectivity index is 1.57. The predicted molar refractivity (Wildman–Crippen MR) is 212 cm³/mol. The first-order chi connectivity index (χ1) is 24.3. The molecule has 3 aromatic heterocycles. The van der Waals surface area contributed by atoms with E-state index in [1.165, 1.54) is 0 Å². The molecule has 3 aromatic carbocycles. The maximum atomic E-state index is 5.66. The van der Waals surface area contributed by atoms with Crippen LogP contribution in [0.15, 0.2) is 109 Å². The van der Waals surface area contributed by atoms with Crippen molar-refractivity contribution in [3.05, 3.63) is 138 Å². The summed E-state index contributed by atoms with van der Waals surface area (Å²) in [6.45, 7) is 6.79. The first-order valence-electron chi connectivity index (χ1n) is 16.8. The van der Waals surface area contributed by atoms with E-state index in [1.54, 1.807) is 7.11 Å². The van der Waals surface area contributed by atoms with Crippen LogP contribution in [0.5, 0.6) is 5.75 Å². The highest BCUT2D eigenvalue weighted by atomic mass is 28.3. The van der Waals surface area contributed by atoms with Gasteiger partial charge in [0.25, 0.3) is 0 Å². The van der Waals surface area contributed by atoms with Crippen LogP contribution < -0.4 is 4.74 Å². The number of benzene rings is 3. The van der Waals surface area contributed by atoms with Gasteiger partial charge in [0.15, 0.2) is 0 Å². The molecule has 242 valence electrons. The molecule has 5 nitrogen and oxygen atoms in total. The van der Waals surface area contributed by atoms with Crippen molar-refractivity contribution in [1.29, 1.82) is 0 Å². The minimum Gasteiger partial charge on any atom is -0.497 e. The molecule has 8 rings (SSSR count). The molecule has 0 saturated heterocycles. The van der Waals surface area contributed by atoms with E-state index in [1.807, 2.05) is 24.3 Å². The summed E-state index contributed by atoms with van der Waals surface area (Å²) < 4.78 is 5.66. The number of methoxy groups -OCH3 is 1. The number of hydrogen-bond acceptors (Lipinski definition) is 3. The highest BCUT2D eigenvalue weighted by Crippen LogP contribution is 2.37. The van der Waals surface area contributed by atoms with Crippen LogP contribution >= 0.6 is 0 Å². The van der Waals surface area contributed by atoms with E-state index < -0.39 is 8.07 Å². The minimum absolute atomic E-state index is 0.783. The Labute approximate surface area is 293 Å². The molecule has 0 saturated carbocycles. The number of aromatic amines is 2. The quantitative estimate of drug-likeness (QED) is 0.145. The van der Waals surface area contributed by atoms with Gasteiger partial charge in [0.2, 0.25) is 0 Å². The van der Waals surface area contributed by atoms with Gasteiger partial charge in [-0.15, -0.1) is 5.54 Å². The van der Waals surface area contributed by atoms with Gasteiger partial charge < -0.3 is 14.7 Å². The predicted octanol–water partition coefficient (Wildman–Crippen LogP) is 10.9. The topological polar surface area (TPSA) is 66.6 Å². The Kier molecular flexibility index (Phi) is 7.91. The summed E-state index contributed by atoms with van der Waals surface area (Å²) in [6.07, 6.45) is 8.42. The summed E-state index contributed by atoms with van der Waals surface area (Å²) >= 11 is 0. The molecule has 0 unspecified atom stereocenters. The molecule has 5 heterocycles. The van der Waals surface area contributed by atoms with Crippen LogP contribution in [0.25, 0.3) is 79.8 Å². The van der Waals surface area contributed by atoms with Gasteiger partial charge >= 0.3 is 0 Å². The molecule has 0 radical (unpaired) electrons. The summed E-state index contributed by atoms with van der Waals surface area (Å²) in [4.78, 5) is 18.2. The zero-order chi connectivity index (χ0) is 34.2. The molecule has 0 atom stereocenters. The number of nitrogens with one attached hydrogen (secondary N) is 2. The van der Waals surface area contributed by atoms with E-state index in [9.17, 15) is 0 Å². The first-order valence-corrected chi connectivity index (χ1v) is 20.3. The van der Waals surface area contributed by atoms with Gasteiger partial charge in [0.1, 0.15) is 13.8 Å². The Hall–Kier alpha value is -6.16. The maximum absolute atomic E-state index is 5.66. The van der Waals surface area contributed by atoms with Crippen LogP contribution in [0.4, 0.5) is 0 Å². The molecule has 2 N–H and O–H groups in total. The van der Waals surface area contributed by atoms with Gasteiger partial charge in [-0.1, -0.05) is 98.4 Å². The lowest BCUT2D eigenvalue weighted by Crippen LogP contribution is -2.16. The highest BCUT2D eigenvalue weighted by Gasteiger charge is 2.18. The summed E-state index contributed by atoms with van der Waals surface area (Å²) in [7, 11) is -0.0120. The standard InChI is InChI=1S/C44H36N4OSi/c1-49-32-17-11-16-31(28-32)44-40-24-22-38(47-40)42(29-12-7-5-8-13-29)36-20-18-34(45-36)33(26-27-50(2,3)4)35-19-21-37(46-35)43(30-14-9-6-10-15-30)39-23-25-41(44)48-39/h5-25,28,45,48H,1-4H3. The Bertz CT molecular complexity index is 2520. The van der Waals surface area contributed by atoms with Gasteiger partial charge in [-0.25, -0.2) is 9.97 Å². The van der Waals surface area contributed by atoms with Crippen molar-refractivity contribution in [2.24, 2.45) is 0 Å². The fourth-order valence-corrected chi connectivity index (χ4v) is 6.99. The van der Waals surface area contributed by atoms with Crippen molar-refractivity contribution in [3.63, 3.8) is 0 Å². The molecular formula is C44H36N4OSi. The summed E-state index contributed by atoms with van der Waals surface area (Å²) in [6, 6.07) is 37.6. The van der Waals surface area contributed by atoms with Gasteiger partial charge in [-0.2, -0.15) is 0 Å². The number of hydrogen-bond donors (Lipinski definition) is 2. The van der Waals surface area contributed by atoms with E-state index >= 15 is 0 Å². The van der Waals surface area contributed by atoms with Crippen LogP contribution in [0.2, 0.25) is 19.6 Å². The zero-order valence-corrected chi connectivity index (χ0v) is 29.5. The average molecular weight is 665 g/mol. The zero-order valence-electron chi connectivity index (χ0n) is 28.5. The maximum Gasteiger partial charge on any atom is 0.129 e. The summed E-state index contributed by atoms with van der Waals surface area (Å²) in [5.41, 5.74) is 17.9. The van der Waals surface area contributed by atoms with E-state index in [-0.39, 0.29) is 0 Å². The molecule has 2 aliphatic heterocycles. The Morgan fingerprint density at radius 1 is 0.520 bits per heavy atom. The third-order valence-corrected chi connectivity index (χ3v) is 9.67. The van der Waals surface area contributed by atoms with E-state index in [0.29, 0.717) is 0 Å². The van der Waals surface area contributed by atoms with Crippen LogP contribution in [-0.4, -0.2) is 35.1 Å². The molecule has 8 bridgehead atoms. The normalized spacial score (nSPS) is 12.1. The smallest absolute Gasteiger partial charge is 0.129 e. The number of ether oxygens (including phenoxy) is 1. The molecule has 0 amide bonds. The lowest BCUT2D eigenvalue weighted by atomic mass is 10.0. The fourth-order valence-electron chi connectivity index (χ4n) is 6.49. The second-order valence-corrected chi connectivity index (χ2v) is 18.2. The molecule has 0 aliphatic carbocycles. The lowest BCUT2D eigenvalue weighted by Gasteiger charge is -2.07. The minimum atomic E-state index is -1.71. The first kappa shape index (κ1) is 31.1. The highest BCUT2D eigenvalue weighted by molar-refractivity contribution is 6.83. The van der Waals surface area contributed by atoms with Gasteiger partial charge in [0, 0.05) is 33.2 Å². The van der Waals surface area contributed by atoms with E-state index in [0.717, 1.165) is 89.5 Å². The van der Waals surface area contributed by atoms with Crippen LogP contribution in [0.3, 0.4) is 0 Å². The molecule has 6 heteroatoms. The fraction of sp³-hybridized carbons (Fsp3) is 0.0909. The van der Waals surface area contributed by atoms with Gasteiger partial charge in [-0.3, -0.25) is 0 Å². The number of rotatable bonds is 4. The van der Waals surface area contributed by atoms with Crippen LogP contribution in [0, 0.1) is 11.5 Å². The third-order valence-electron chi connectivity index (χ3n) is 8.80. The van der Waals surface area contributed by atoms with Gasteiger partial charge in [0.05, 0.1) is 41.0 Å². The number of fused-ring (bicyclic) bond motifs is 8. The second-order valence-electron chi connectivity index (χ2n) is 13.5. The molecule has 6 aromatic rings. The largest absolute Gasteiger partial charge is 0.497 e. The van der Waals surface area contributed by atoms with Crippen molar-refractivity contribution < 1.29 is 4.74 Å². The van der Waals surface area contributed by atoms with Crippen molar-refractivity contribution in [2.75, 3.05) is 7.11 Å². The van der Waals surface area contributed by atoms with Crippen molar-refractivity contribution in [2.45, 2.75) is 19.6 Å². The van der Waals surface area contributed by atoms with Crippen molar-refractivity contribution in [3.8, 4) is 50.6 Å². The number of H-pyrrole nitrogens is 2. The average Bonchev–Trinajstić information content (AvgIpc) is 3.96. The van der Waals surface area contributed by atoms with Crippen LogP contribution in [0.1, 0.15) is 28.3 Å². The van der Waals surface area contributed by atoms with Gasteiger partial charge in [-0.05, 0) is 77.4 Å². The van der Waals surface area contributed by atoms with Crippen LogP contribution in [-0.2, 0) is 0 Å².